The van der Waals surface area contributed by atoms with Crippen molar-refractivity contribution in [1.29, 1.82) is 0 Å². The lowest BCUT2D eigenvalue weighted by molar-refractivity contribution is 0.166. The maximum Gasteiger partial charge on any atom is 0.0810 e. The molecule has 1 aliphatic rings. The van der Waals surface area contributed by atoms with E-state index in [0.717, 1.165) is 24.1 Å². The summed E-state index contributed by atoms with van der Waals surface area (Å²) < 4.78 is 0. The minimum Gasteiger partial charge on any atom is -0.388 e. The fraction of sp³-hybridized carbons (Fsp3) is 0.455. The van der Waals surface area contributed by atoms with Gasteiger partial charge in [0.05, 0.1) is 6.10 Å². The van der Waals surface area contributed by atoms with E-state index in [1.54, 1.807) is 0 Å². The summed E-state index contributed by atoms with van der Waals surface area (Å²) >= 11 is 0. The number of hydrogen-bond acceptors (Lipinski definition) is 2. The van der Waals surface area contributed by atoms with Gasteiger partial charge >= 0.3 is 0 Å². The van der Waals surface area contributed by atoms with Gasteiger partial charge in [-0.3, -0.25) is 0 Å². The number of rotatable bonds is 0. The number of benzene rings is 1. The second-order valence-electron chi connectivity index (χ2n) is 3.73. The van der Waals surface area contributed by atoms with Gasteiger partial charge in [0.1, 0.15) is 0 Å². The minimum atomic E-state index is -0.298. The Bertz CT molecular complexity index is 298. The molecule has 70 valence electrons. The van der Waals surface area contributed by atoms with E-state index in [2.05, 4.69) is 12.2 Å². The highest BCUT2D eigenvalue weighted by Gasteiger charge is 2.18. The Morgan fingerprint density at radius 2 is 2.08 bits per heavy atom. The molecule has 0 saturated carbocycles. The summed E-state index contributed by atoms with van der Waals surface area (Å²) in [5.74, 6) is 0. The Morgan fingerprint density at radius 3 is 2.92 bits per heavy atom. The van der Waals surface area contributed by atoms with E-state index in [-0.39, 0.29) is 6.10 Å². The Hall–Kier alpha value is -1.02. The molecule has 1 heterocycles. The number of hydrogen-bond donors (Lipinski definition) is 2. The SMILES string of the molecule is C[C@H]1CC[C@@H](O)c2ccccc2N1. The predicted octanol–water partition coefficient (Wildman–Crippen LogP) is 2.31. The van der Waals surface area contributed by atoms with E-state index in [1.165, 1.54) is 0 Å². The van der Waals surface area contributed by atoms with E-state index in [9.17, 15) is 5.11 Å². The molecule has 0 aliphatic carbocycles. The summed E-state index contributed by atoms with van der Waals surface area (Å²) in [5, 5.41) is 13.2. The topological polar surface area (TPSA) is 32.3 Å². The summed E-state index contributed by atoms with van der Waals surface area (Å²) in [6, 6.07) is 8.44. The van der Waals surface area contributed by atoms with E-state index in [0.29, 0.717) is 6.04 Å². The molecule has 0 spiro atoms. The summed E-state index contributed by atoms with van der Waals surface area (Å²) in [7, 11) is 0. The summed E-state index contributed by atoms with van der Waals surface area (Å²) in [5.41, 5.74) is 2.12. The zero-order valence-corrected chi connectivity index (χ0v) is 7.83. The zero-order chi connectivity index (χ0) is 9.26. The van der Waals surface area contributed by atoms with E-state index >= 15 is 0 Å². The first kappa shape index (κ1) is 8.57. The third-order valence-electron chi connectivity index (χ3n) is 2.59. The molecular weight excluding hydrogens is 162 g/mol. The van der Waals surface area contributed by atoms with E-state index < -0.39 is 0 Å². The largest absolute Gasteiger partial charge is 0.388 e. The third kappa shape index (κ3) is 1.68. The Kier molecular flexibility index (Phi) is 2.23. The average Bonchev–Trinajstić information content (AvgIpc) is 2.27. The first-order chi connectivity index (χ1) is 6.27. The maximum absolute atomic E-state index is 9.82. The van der Waals surface area contributed by atoms with Crippen LogP contribution < -0.4 is 5.32 Å². The van der Waals surface area contributed by atoms with Crippen molar-refractivity contribution in [2.45, 2.75) is 31.9 Å². The van der Waals surface area contributed by atoms with Crippen LogP contribution in [0.2, 0.25) is 0 Å². The Morgan fingerprint density at radius 1 is 1.31 bits per heavy atom. The molecule has 0 fully saturated rings. The van der Waals surface area contributed by atoms with Crippen molar-refractivity contribution < 1.29 is 5.11 Å². The summed E-state index contributed by atoms with van der Waals surface area (Å²) in [6.07, 6.45) is 1.58. The average molecular weight is 177 g/mol. The monoisotopic (exact) mass is 177 g/mol. The smallest absolute Gasteiger partial charge is 0.0810 e. The lowest BCUT2D eigenvalue weighted by Crippen LogP contribution is -2.12. The highest BCUT2D eigenvalue weighted by atomic mass is 16.3. The molecule has 0 amide bonds. The van der Waals surface area contributed by atoms with Crippen LogP contribution in [0, 0.1) is 0 Å². The quantitative estimate of drug-likeness (QED) is 0.637. The van der Waals surface area contributed by atoms with Gasteiger partial charge in [0, 0.05) is 17.3 Å². The number of aliphatic hydroxyl groups is 1. The van der Waals surface area contributed by atoms with Gasteiger partial charge in [-0.1, -0.05) is 18.2 Å². The highest BCUT2D eigenvalue weighted by Crippen LogP contribution is 2.30. The zero-order valence-electron chi connectivity index (χ0n) is 7.83. The van der Waals surface area contributed by atoms with Crippen molar-refractivity contribution in [2.75, 3.05) is 5.32 Å². The van der Waals surface area contributed by atoms with Crippen molar-refractivity contribution in [2.24, 2.45) is 0 Å². The van der Waals surface area contributed by atoms with Crippen LogP contribution in [0.5, 0.6) is 0 Å². The third-order valence-corrected chi connectivity index (χ3v) is 2.59. The molecule has 1 aliphatic heterocycles. The van der Waals surface area contributed by atoms with Gasteiger partial charge in [-0.05, 0) is 25.8 Å². The number of para-hydroxylation sites is 1. The van der Waals surface area contributed by atoms with Gasteiger partial charge in [0.15, 0.2) is 0 Å². The number of fused-ring (bicyclic) bond motifs is 1. The molecule has 2 nitrogen and oxygen atoms in total. The lowest BCUT2D eigenvalue weighted by atomic mass is 10.0. The van der Waals surface area contributed by atoms with Crippen LogP contribution in [-0.2, 0) is 0 Å². The van der Waals surface area contributed by atoms with E-state index in [4.69, 9.17) is 0 Å². The molecule has 1 aromatic rings. The molecule has 0 bridgehead atoms. The maximum atomic E-state index is 9.82. The van der Waals surface area contributed by atoms with E-state index in [1.807, 2.05) is 24.3 Å². The van der Waals surface area contributed by atoms with Crippen LogP contribution in [-0.4, -0.2) is 11.1 Å². The summed E-state index contributed by atoms with van der Waals surface area (Å²) in [4.78, 5) is 0. The molecule has 2 heteroatoms. The molecule has 0 unspecified atom stereocenters. The number of nitrogens with one attached hydrogen (secondary N) is 1. The molecule has 2 rings (SSSR count). The number of aliphatic hydroxyl groups excluding tert-OH is 1. The van der Waals surface area contributed by atoms with Crippen LogP contribution in [0.1, 0.15) is 31.4 Å². The molecular formula is C11H15NO. The van der Waals surface area contributed by atoms with Crippen molar-refractivity contribution >= 4 is 5.69 Å². The summed E-state index contributed by atoms with van der Waals surface area (Å²) in [6.45, 7) is 2.15. The molecule has 2 atom stereocenters. The Balaban J connectivity index is 2.38. The van der Waals surface area contributed by atoms with Crippen molar-refractivity contribution in [3.05, 3.63) is 29.8 Å². The molecule has 0 radical (unpaired) electrons. The molecule has 2 N–H and O–H groups in total. The Labute approximate surface area is 78.6 Å². The number of anilines is 1. The van der Waals surface area contributed by atoms with Crippen LogP contribution >= 0.6 is 0 Å². The van der Waals surface area contributed by atoms with Gasteiger partial charge in [-0.2, -0.15) is 0 Å². The van der Waals surface area contributed by atoms with Crippen LogP contribution in [0.3, 0.4) is 0 Å². The molecule has 1 aromatic carbocycles. The fourth-order valence-electron chi connectivity index (χ4n) is 1.82. The lowest BCUT2D eigenvalue weighted by Gasteiger charge is -2.12. The molecule has 0 saturated heterocycles. The highest BCUT2D eigenvalue weighted by molar-refractivity contribution is 5.53. The van der Waals surface area contributed by atoms with Crippen molar-refractivity contribution in [3.8, 4) is 0 Å². The van der Waals surface area contributed by atoms with Crippen LogP contribution in [0.4, 0.5) is 5.69 Å². The molecule has 0 aromatic heterocycles. The van der Waals surface area contributed by atoms with Gasteiger partial charge in [-0.15, -0.1) is 0 Å². The molecule has 13 heavy (non-hydrogen) atoms. The predicted molar refractivity (Wildman–Crippen MR) is 53.7 cm³/mol. The second-order valence-corrected chi connectivity index (χ2v) is 3.73. The van der Waals surface area contributed by atoms with Gasteiger partial charge < -0.3 is 10.4 Å². The van der Waals surface area contributed by atoms with Crippen molar-refractivity contribution in [1.82, 2.24) is 0 Å². The fourth-order valence-corrected chi connectivity index (χ4v) is 1.82. The standard InChI is InChI=1S/C11H15NO/c1-8-6-7-11(13)9-4-2-3-5-10(9)12-8/h2-5,8,11-13H,6-7H2,1H3/t8-,11+/m0/s1. The van der Waals surface area contributed by atoms with Gasteiger partial charge in [0.25, 0.3) is 0 Å². The van der Waals surface area contributed by atoms with Crippen molar-refractivity contribution in [3.63, 3.8) is 0 Å². The minimum absolute atomic E-state index is 0.298. The first-order valence-corrected chi connectivity index (χ1v) is 4.81. The second kappa shape index (κ2) is 3.38. The van der Waals surface area contributed by atoms with Gasteiger partial charge in [-0.25, -0.2) is 0 Å². The van der Waals surface area contributed by atoms with Crippen LogP contribution in [0.25, 0.3) is 0 Å². The van der Waals surface area contributed by atoms with Gasteiger partial charge in [0.2, 0.25) is 0 Å². The van der Waals surface area contributed by atoms with Crippen LogP contribution in [0.15, 0.2) is 24.3 Å². The normalized spacial score (nSPS) is 27.2. The first-order valence-electron chi connectivity index (χ1n) is 4.81.